The molecular formula is C25H18N2S. The average molecular weight is 379 g/mol. The number of imidazole rings is 1. The molecule has 0 N–H and O–H groups in total. The zero-order valence-corrected chi connectivity index (χ0v) is 16.1. The highest BCUT2D eigenvalue weighted by atomic mass is 32.1. The lowest BCUT2D eigenvalue weighted by Crippen LogP contribution is -1.91. The molecule has 0 saturated carbocycles. The summed E-state index contributed by atoms with van der Waals surface area (Å²) in [5, 5.41) is 0. The molecule has 0 saturated heterocycles. The first-order chi connectivity index (χ1) is 13.8. The normalized spacial score (nSPS) is 11.0. The highest BCUT2D eigenvalue weighted by Crippen LogP contribution is 2.32. The molecule has 5 aromatic rings. The van der Waals surface area contributed by atoms with E-state index >= 15 is 0 Å². The third-order valence-electron chi connectivity index (χ3n) is 4.89. The first-order valence-electron chi connectivity index (χ1n) is 9.21. The van der Waals surface area contributed by atoms with E-state index in [0.29, 0.717) is 0 Å². The van der Waals surface area contributed by atoms with Crippen molar-refractivity contribution in [3.05, 3.63) is 103 Å². The second-order valence-corrected chi connectivity index (χ2v) is 7.30. The van der Waals surface area contributed by atoms with Crippen LogP contribution in [-0.4, -0.2) is 9.38 Å². The molecule has 0 amide bonds. The Morgan fingerprint density at radius 2 is 1.29 bits per heavy atom. The molecule has 134 valence electrons. The van der Waals surface area contributed by atoms with Gasteiger partial charge in [-0.15, -0.1) is 12.6 Å². The zero-order chi connectivity index (χ0) is 18.9. The Balaban J connectivity index is 1.77. The van der Waals surface area contributed by atoms with Gasteiger partial charge in [0, 0.05) is 28.4 Å². The Labute approximate surface area is 169 Å². The summed E-state index contributed by atoms with van der Waals surface area (Å²) in [6.45, 7) is 0. The Bertz CT molecular complexity index is 1260. The van der Waals surface area contributed by atoms with Crippen LogP contribution in [0.25, 0.3) is 39.2 Å². The molecule has 0 radical (unpaired) electrons. The largest absolute Gasteiger partial charge is 0.305 e. The lowest BCUT2D eigenvalue weighted by atomic mass is 10.0. The van der Waals surface area contributed by atoms with Crippen LogP contribution >= 0.6 is 12.6 Å². The van der Waals surface area contributed by atoms with Crippen LogP contribution < -0.4 is 0 Å². The number of nitrogens with zero attached hydrogens (tertiary/aromatic N) is 2. The van der Waals surface area contributed by atoms with Gasteiger partial charge in [-0.05, 0) is 34.9 Å². The fraction of sp³-hybridized carbons (Fsp3) is 0. The van der Waals surface area contributed by atoms with E-state index in [9.17, 15) is 0 Å². The molecule has 0 aliphatic rings. The van der Waals surface area contributed by atoms with E-state index in [2.05, 4.69) is 84.0 Å². The first kappa shape index (κ1) is 16.8. The minimum absolute atomic E-state index is 0.953. The molecule has 0 fully saturated rings. The Morgan fingerprint density at radius 3 is 2.00 bits per heavy atom. The van der Waals surface area contributed by atoms with Gasteiger partial charge < -0.3 is 4.40 Å². The Morgan fingerprint density at radius 1 is 0.607 bits per heavy atom. The van der Waals surface area contributed by atoms with Crippen molar-refractivity contribution in [3.8, 4) is 33.5 Å². The van der Waals surface area contributed by atoms with E-state index in [0.717, 1.165) is 44.1 Å². The summed E-state index contributed by atoms with van der Waals surface area (Å²) >= 11 is 4.51. The van der Waals surface area contributed by atoms with Crippen molar-refractivity contribution < 1.29 is 0 Å². The van der Waals surface area contributed by atoms with E-state index in [1.807, 2.05) is 36.4 Å². The number of benzene rings is 3. The second-order valence-electron chi connectivity index (χ2n) is 6.78. The molecule has 28 heavy (non-hydrogen) atoms. The number of hydrogen-bond donors (Lipinski definition) is 1. The van der Waals surface area contributed by atoms with Gasteiger partial charge in [-0.3, -0.25) is 0 Å². The van der Waals surface area contributed by atoms with Gasteiger partial charge in [0.15, 0.2) is 0 Å². The number of thiol groups is 1. The van der Waals surface area contributed by atoms with E-state index in [1.165, 1.54) is 0 Å². The molecule has 2 nitrogen and oxygen atoms in total. The third-order valence-corrected chi connectivity index (χ3v) is 5.16. The van der Waals surface area contributed by atoms with Crippen LogP contribution in [-0.2, 0) is 0 Å². The number of hydrogen-bond acceptors (Lipinski definition) is 2. The molecular weight excluding hydrogens is 360 g/mol. The van der Waals surface area contributed by atoms with Gasteiger partial charge in [-0.1, -0.05) is 72.8 Å². The van der Waals surface area contributed by atoms with Crippen molar-refractivity contribution in [3.63, 3.8) is 0 Å². The van der Waals surface area contributed by atoms with Crippen molar-refractivity contribution in [1.29, 1.82) is 0 Å². The van der Waals surface area contributed by atoms with Crippen LogP contribution in [0.3, 0.4) is 0 Å². The maximum Gasteiger partial charge on any atom is 0.145 e. The molecule has 0 aliphatic heterocycles. The molecule has 0 spiro atoms. The smallest absolute Gasteiger partial charge is 0.145 e. The van der Waals surface area contributed by atoms with Crippen LogP contribution in [0.4, 0.5) is 0 Å². The first-order valence-corrected chi connectivity index (χ1v) is 9.66. The third kappa shape index (κ3) is 3.10. The van der Waals surface area contributed by atoms with E-state index in [-0.39, 0.29) is 0 Å². The summed E-state index contributed by atoms with van der Waals surface area (Å²) in [5.41, 5.74) is 7.59. The minimum Gasteiger partial charge on any atom is -0.305 e. The van der Waals surface area contributed by atoms with Gasteiger partial charge in [0.25, 0.3) is 0 Å². The van der Waals surface area contributed by atoms with Crippen LogP contribution in [0.15, 0.2) is 108 Å². The maximum absolute atomic E-state index is 4.96. The predicted octanol–water partition coefficient (Wildman–Crippen LogP) is 6.62. The summed E-state index contributed by atoms with van der Waals surface area (Å²) in [4.78, 5) is 5.91. The Kier molecular flexibility index (Phi) is 4.22. The van der Waals surface area contributed by atoms with Gasteiger partial charge in [0.05, 0.1) is 5.69 Å². The highest BCUT2D eigenvalue weighted by Gasteiger charge is 2.12. The summed E-state index contributed by atoms with van der Waals surface area (Å²) in [6, 6.07) is 31.2. The molecule has 2 aromatic heterocycles. The molecule has 2 heterocycles. The Hall–Kier alpha value is -3.30. The van der Waals surface area contributed by atoms with Crippen molar-refractivity contribution in [2.45, 2.75) is 4.90 Å². The fourth-order valence-corrected chi connectivity index (χ4v) is 3.75. The van der Waals surface area contributed by atoms with E-state index in [4.69, 9.17) is 4.98 Å². The van der Waals surface area contributed by atoms with Crippen LogP contribution in [0.2, 0.25) is 0 Å². The number of aromatic nitrogens is 2. The fourth-order valence-electron chi connectivity index (χ4n) is 3.52. The van der Waals surface area contributed by atoms with Crippen LogP contribution in [0.1, 0.15) is 0 Å². The van der Waals surface area contributed by atoms with E-state index < -0.39 is 0 Å². The van der Waals surface area contributed by atoms with Crippen molar-refractivity contribution in [1.82, 2.24) is 9.38 Å². The second kappa shape index (κ2) is 7.02. The van der Waals surface area contributed by atoms with Crippen molar-refractivity contribution >= 4 is 18.3 Å². The molecule has 0 unspecified atom stereocenters. The SMILES string of the molecule is Sc1cccc(-c2cc(-c3ccccc3)c3nc(-c4ccccc4)cn3c2)c1. The van der Waals surface area contributed by atoms with Crippen molar-refractivity contribution in [2.75, 3.05) is 0 Å². The number of pyridine rings is 1. The van der Waals surface area contributed by atoms with Gasteiger partial charge in [0.1, 0.15) is 5.65 Å². The molecule has 5 rings (SSSR count). The zero-order valence-electron chi connectivity index (χ0n) is 15.2. The van der Waals surface area contributed by atoms with Crippen LogP contribution in [0.5, 0.6) is 0 Å². The summed E-state index contributed by atoms with van der Waals surface area (Å²) in [7, 11) is 0. The van der Waals surface area contributed by atoms with Crippen LogP contribution in [0, 0.1) is 0 Å². The number of rotatable bonds is 3. The monoisotopic (exact) mass is 378 g/mol. The molecule has 0 bridgehead atoms. The quantitative estimate of drug-likeness (QED) is 0.349. The van der Waals surface area contributed by atoms with Gasteiger partial charge >= 0.3 is 0 Å². The minimum atomic E-state index is 0.953. The maximum atomic E-state index is 4.96. The molecule has 0 atom stereocenters. The standard InChI is InChI=1S/C25H18N2S/c28-22-13-7-12-20(14-22)21-15-23(18-8-3-1-4-9-18)25-26-24(17-27(25)16-21)19-10-5-2-6-11-19/h1-17,28H. The lowest BCUT2D eigenvalue weighted by Gasteiger charge is -2.09. The lowest BCUT2D eigenvalue weighted by molar-refractivity contribution is 1.19. The van der Waals surface area contributed by atoms with E-state index in [1.54, 1.807) is 0 Å². The predicted molar refractivity (Wildman–Crippen MR) is 119 cm³/mol. The summed E-state index contributed by atoms with van der Waals surface area (Å²) in [5.74, 6) is 0. The topological polar surface area (TPSA) is 17.3 Å². The summed E-state index contributed by atoms with van der Waals surface area (Å²) in [6.07, 6.45) is 4.24. The number of fused-ring (bicyclic) bond motifs is 1. The molecule has 3 heteroatoms. The average Bonchev–Trinajstić information content (AvgIpc) is 3.19. The highest BCUT2D eigenvalue weighted by molar-refractivity contribution is 7.80. The van der Waals surface area contributed by atoms with Crippen molar-refractivity contribution in [2.24, 2.45) is 0 Å². The van der Waals surface area contributed by atoms with Gasteiger partial charge in [-0.2, -0.15) is 0 Å². The molecule has 0 aliphatic carbocycles. The van der Waals surface area contributed by atoms with Gasteiger partial charge in [-0.25, -0.2) is 4.98 Å². The summed E-state index contributed by atoms with van der Waals surface area (Å²) < 4.78 is 2.13. The van der Waals surface area contributed by atoms with Gasteiger partial charge in [0.2, 0.25) is 0 Å². The molecule has 3 aromatic carbocycles.